The molecular weight excluding hydrogens is 164 g/mol. The number of nitrogens with one attached hydrogen (secondary N) is 1. The number of hydrogen-bond acceptors (Lipinski definition) is 4. The fourth-order valence-corrected chi connectivity index (χ4v) is 0.682. The van der Waals surface area contributed by atoms with Gasteiger partial charge < -0.3 is 4.98 Å². The first-order valence-corrected chi connectivity index (χ1v) is 2.97. The van der Waals surface area contributed by atoms with Crippen LogP contribution in [0.5, 0.6) is 0 Å². The maximum Gasteiger partial charge on any atom is 0.286 e. The number of carbonyl (C=O) groups excluding carboxylic acids is 1. The topological polar surface area (TPSA) is 93.1 Å². The van der Waals surface area contributed by atoms with Crippen LogP contribution in [-0.2, 0) is 0 Å². The maximum absolute atomic E-state index is 10.7. The van der Waals surface area contributed by atoms with E-state index >= 15 is 0 Å². The van der Waals surface area contributed by atoms with Crippen LogP contribution in [0.2, 0.25) is 0 Å². The van der Waals surface area contributed by atoms with Gasteiger partial charge >= 0.3 is 0 Å². The molecule has 0 aliphatic rings. The number of nitrogens with zero attached hydrogens (tertiary/aromatic N) is 1. The van der Waals surface area contributed by atoms with Crippen molar-refractivity contribution in [2.45, 2.75) is 0 Å². The van der Waals surface area contributed by atoms with Gasteiger partial charge in [-0.05, 0) is 0 Å². The zero-order valence-electron chi connectivity index (χ0n) is 5.81. The number of rotatable bonds is 2. The minimum absolute atomic E-state index is 0.246. The van der Waals surface area contributed by atoms with Crippen molar-refractivity contribution in [2.24, 2.45) is 0 Å². The molecule has 0 fully saturated rings. The van der Waals surface area contributed by atoms with Crippen LogP contribution in [0.25, 0.3) is 0 Å². The molecule has 1 N–H and O–H groups in total. The molecule has 0 saturated carbocycles. The SMILES string of the molecule is O=Cc1cc([N+](=O)[O-])c[nH]c1=O. The van der Waals surface area contributed by atoms with Crippen LogP contribution in [0, 0.1) is 10.1 Å². The lowest BCUT2D eigenvalue weighted by atomic mass is 10.3. The molecule has 0 aliphatic heterocycles. The molecule has 0 amide bonds. The second-order valence-electron chi connectivity index (χ2n) is 2.02. The Kier molecular flexibility index (Phi) is 2.00. The molecule has 1 aromatic rings. The molecule has 0 radical (unpaired) electrons. The quantitative estimate of drug-likeness (QED) is 0.385. The predicted octanol–water partition coefficient (Wildman–Crippen LogP) is 0.0956. The Morgan fingerprint density at radius 2 is 2.25 bits per heavy atom. The van der Waals surface area contributed by atoms with Crippen molar-refractivity contribution >= 4 is 12.0 Å². The van der Waals surface area contributed by atoms with Gasteiger partial charge in [-0.3, -0.25) is 19.7 Å². The third-order valence-corrected chi connectivity index (χ3v) is 1.25. The van der Waals surface area contributed by atoms with Crippen LogP contribution in [0.1, 0.15) is 10.4 Å². The van der Waals surface area contributed by atoms with Crippen molar-refractivity contribution < 1.29 is 9.72 Å². The number of aldehydes is 1. The number of H-pyrrole nitrogens is 1. The van der Waals surface area contributed by atoms with Crippen molar-refractivity contribution in [3.8, 4) is 0 Å². The molecule has 0 aliphatic carbocycles. The number of carbonyl (C=O) groups is 1. The molecule has 6 nitrogen and oxygen atoms in total. The monoisotopic (exact) mass is 168 g/mol. The van der Waals surface area contributed by atoms with E-state index < -0.39 is 10.5 Å². The van der Waals surface area contributed by atoms with Gasteiger partial charge in [-0.2, -0.15) is 0 Å². The average Bonchev–Trinajstić information content (AvgIpc) is 2.05. The fourth-order valence-electron chi connectivity index (χ4n) is 0.682. The number of hydrogen-bond donors (Lipinski definition) is 1. The Balaban J connectivity index is 3.32. The van der Waals surface area contributed by atoms with E-state index in [1.165, 1.54) is 0 Å². The lowest BCUT2D eigenvalue weighted by molar-refractivity contribution is -0.385. The van der Waals surface area contributed by atoms with E-state index in [1.54, 1.807) is 0 Å². The summed E-state index contributed by atoms with van der Waals surface area (Å²) in [6.45, 7) is 0. The molecule has 6 heteroatoms. The molecule has 62 valence electrons. The third kappa shape index (κ3) is 1.36. The summed E-state index contributed by atoms with van der Waals surface area (Å²) in [5.74, 6) is 0. The second kappa shape index (κ2) is 2.95. The zero-order valence-corrected chi connectivity index (χ0v) is 5.81. The first-order chi connectivity index (χ1) is 5.65. The van der Waals surface area contributed by atoms with Crippen LogP contribution in [0.15, 0.2) is 17.1 Å². The van der Waals surface area contributed by atoms with Gasteiger partial charge in [0, 0.05) is 6.07 Å². The summed E-state index contributed by atoms with van der Waals surface area (Å²) in [7, 11) is 0. The molecule has 0 saturated heterocycles. The van der Waals surface area contributed by atoms with Gasteiger partial charge in [0.15, 0.2) is 6.29 Å². The van der Waals surface area contributed by atoms with Crippen molar-refractivity contribution in [1.82, 2.24) is 4.98 Å². The van der Waals surface area contributed by atoms with Crippen LogP contribution >= 0.6 is 0 Å². The summed E-state index contributed by atoms with van der Waals surface area (Å²) in [6.07, 6.45) is 1.21. The Morgan fingerprint density at radius 1 is 1.58 bits per heavy atom. The highest BCUT2D eigenvalue weighted by Gasteiger charge is 2.07. The molecule has 0 unspecified atom stereocenters. The van der Waals surface area contributed by atoms with Crippen LogP contribution in [0.3, 0.4) is 0 Å². The number of nitro groups is 1. The van der Waals surface area contributed by atoms with E-state index in [1.807, 2.05) is 0 Å². The number of aromatic amines is 1. The molecule has 0 atom stereocenters. The average molecular weight is 168 g/mol. The van der Waals surface area contributed by atoms with Gasteiger partial charge in [-0.25, -0.2) is 0 Å². The molecular formula is C6H4N2O4. The van der Waals surface area contributed by atoms with Gasteiger partial charge in [-0.1, -0.05) is 0 Å². The molecule has 0 aromatic carbocycles. The summed E-state index contributed by atoms with van der Waals surface area (Å²) in [5.41, 5.74) is -1.18. The second-order valence-corrected chi connectivity index (χ2v) is 2.02. The molecule has 1 aromatic heterocycles. The lowest BCUT2D eigenvalue weighted by Crippen LogP contribution is -2.11. The Morgan fingerprint density at radius 3 is 2.75 bits per heavy atom. The van der Waals surface area contributed by atoms with Crippen LogP contribution in [0.4, 0.5) is 5.69 Å². The summed E-state index contributed by atoms with van der Waals surface area (Å²) in [4.78, 5) is 32.4. The van der Waals surface area contributed by atoms with E-state index in [0.29, 0.717) is 0 Å². The predicted molar refractivity (Wildman–Crippen MR) is 39.1 cm³/mol. The summed E-state index contributed by atoms with van der Waals surface area (Å²) >= 11 is 0. The van der Waals surface area contributed by atoms with E-state index in [2.05, 4.69) is 4.98 Å². The minimum atomic E-state index is -0.692. The Hall–Kier alpha value is -1.98. The summed E-state index contributed by atoms with van der Waals surface area (Å²) < 4.78 is 0. The van der Waals surface area contributed by atoms with Gasteiger partial charge in [0.1, 0.15) is 0 Å². The highest BCUT2D eigenvalue weighted by Crippen LogP contribution is 2.06. The van der Waals surface area contributed by atoms with Crippen molar-refractivity contribution in [2.75, 3.05) is 0 Å². The van der Waals surface area contributed by atoms with Crippen LogP contribution < -0.4 is 5.56 Å². The smallest absolute Gasteiger partial charge is 0.286 e. The first kappa shape index (κ1) is 8.12. The molecule has 12 heavy (non-hydrogen) atoms. The summed E-state index contributed by atoms with van der Waals surface area (Å²) in [6, 6.07) is 0.922. The molecule has 0 bridgehead atoms. The standard InChI is InChI=1S/C6H4N2O4/c9-3-4-1-5(8(11)12)2-7-6(4)10/h1-3H,(H,7,10). The number of pyridine rings is 1. The third-order valence-electron chi connectivity index (χ3n) is 1.25. The normalized spacial score (nSPS) is 9.33. The van der Waals surface area contributed by atoms with E-state index in [0.717, 1.165) is 12.3 Å². The van der Waals surface area contributed by atoms with E-state index in [9.17, 15) is 19.7 Å². The molecule has 1 rings (SSSR count). The van der Waals surface area contributed by atoms with E-state index in [4.69, 9.17) is 0 Å². The van der Waals surface area contributed by atoms with Crippen molar-refractivity contribution in [3.05, 3.63) is 38.3 Å². The first-order valence-electron chi connectivity index (χ1n) is 2.97. The van der Waals surface area contributed by atoms with Crippen LogP contribution in [-0.4, -0.2) is 16.2 Å². The minimum Gasteiger partial charge on any atom is -0.322 e. The highest BCUT2D eigenvalue weighted by molar-refractivity contribution is 5.75. The number of aromatic nitrogens is 1. The summed E-state index contributed by atoms with van der Waals surface area (Å²) in [5, 5.41) is 10.1. The Labute approximate surface area is 66.0 Å². The van der Waals surface area contributed by atoms with Gasteiger partial charge in [0.25, 0.3) is 11.2 Å². The highest BCUT2D eigenvalue weighted by atomic mass is 16.6. The van der Waals surface area contributed by atoms with Gasteiger partial charge in [0.05, 0.1) is 16.7 Å². The molecule has 0 spiro atoms. The van der Waals surface area contributed by atoms with E-state index in [-0.39, 0.29) is 17.5 Å². The van der Waals surface area contributed by atoms with Crippen molar-refractivity contribution in [1.29, 1.82) is 0 Å². The fraction of sp³-hybridized carbons (Fsp3) is 0. The maximum atomic E-state index is 10.7. The Bertz CT molecular complexity index is 381. The lowest BCUT2D eigenvalue weighted by Gasteiger charge is -1.90. The molecule has 1 heterocycles. The zero-order chi connectivity index (χ0) is 9.14. The van der Waals surface area contributed by atoms with Gasteiger partial charge in [-0.15, -0.1) is 0 Å². The van der Waals surface area contributed by atoms with Crippen molar-refractivity contribution in [3.63, 3.8) is 0 Å². The van der Waals surface area contributed by atoms with Gasteiger partial charge in [0.2, 0.25) is 0 Å². The largest absolute Gasteiger partial charge is 0.322 e.